The normalized spacial score (nSPS) is 10.6. The highest BCUT2D eigenvalue weighted by Gasteiger charge is 2.13. The van der Waals surface area contributed by atoms with Gasteiger partial charge in [0.25, 0.3) is 6.43 Å². The predicted octanol–water partition coefficient (Wildman–Crippen LogP) is 1.81. The van der Waals surface area contributed by atoms with Crippen molar-refractivity contribution >= 4 is 11.5 Å². The highest BCUT2D eigenvalue weighted by Crippen LogP contribution is 2.19. The third-order valence-corrected chi connectivity index (χ3v) is 2.08. The van der Waals surface area contributed by atoms with E-state index in [0.717, 1.165) is 11.0 Å². The van der Waals surface area contributed by atoms with Crippen molar-refractivity contribution in [2.24, 2.45) is 5.73 Å². The standard InChI is InChI=1S/C10H12F3N3/c1-16(5-9(12)13)8-3-2-6(10(14)15)4-7(8)11/h2-4,9H,5H2,1H3,(H3,14,15). The molecule has 0 aliphatic heterocycles. The first-order chi connectivity index (χ1) is 7.41. The number of amidine groups is 1. The summed E-state index contributed by atoms with van der Waals surface area (Å²) in [6.45, 7) is -0.545. The molecule has 0 saturated heterocycles. The fraction of sp³-hybridized carbons (Fsp3) is 0.300. The smallest absolute Gasteiger partial charge is 0.255 e. The molecular weight excluding hydrogens is 219 g/mol. The summed E-state index contributed by atoms with van der Waals surface area (Å²) >= 11 is 0. The third-order valence-electron chi connectivity index (χ3n) is 2.08. The van der Waals surface area contributed by atoms with Gasteiger partial charge in [-0.15, -0.1) is 0 Å². The molecule has 0 spiro atoms. The van der Waals surface area contributed by atoms with Crippen LogP contribution in [-0.2, 0) is 0 Å². The van der Waals surface area contributed by atoms with Gasteiger partial charge >= 0.3 is 0 Å². The van der Waals surface area contributed by atoms with Crippen LogP contribution < -0.4 is 10.6 Å². The molecule has 1 aromatic rings. The minimum Gasteiger partial charge on any atom is -0.384 e. The zero-order chi connectivity index (χ0) is 12.3. The molecule has 0 heterocycles. The van der Waals surface area contributed by atoms with Gasteiger partial charge in [-0.3, -0.25) is 5.41 Å². The molecule has 0 radical (unpaired) electrons. The SMILES string of the molecule is CN(CC(F)F)c1ccc(C(=N)N)cc1F. The number of nitrogens with two attached hydrogens (primary N) is 1. The van der Waals surface area contributed by atoms with Crippen molar-refractivity contribution in [3.63, 3.8) is 0 Å². The lowest BCUT2D eigenvalue weighted by Crippen LogP contribution is -2.25. The predicted molar refractivity (Wildman–Crippen MR) is 56.7 cm³/mol. The van der Waals surface area contributed by atoms with Crippen molar-refractivity contribution in [2.75, 3.05) is 18.5 Å². The van der Waals surface area contributed by atoms with E-state index in [0.29, 0.717) is 0 Å². The first-order valence-corrected chi connectivity index (χ1v) is 4.55. The molecule has 6 heteroatoms. The molecule has 0 atom stereocenters. The van der Waals surface area contributed by atoms with Crippen LogP contribution in [0.5, 0.6) is 0 Å². The Labute approximate surface area is 91.2 Å². The Bertz CT molecular complexity index is 393. The van der Waals surface area contributed by atoms with Crippen molar-refractivity contribution in [2.45, 2.75) is 6.43 Å². The van der Waals surface area contributed by atoms with E-state index < -0.39 is 18.8 Å². The second kappa shape index (κ2) is 4.87. The van der Waals surface area contributed by atoms with Crippen molar-refractivity contribution in [1.29, 1.82) is 5.41 Å². The Morgan fingerprint density at radius 2 is 2.12 bits per heavy atom. The molecule has 1 aromatic carbocycles. The summed E-state index contributed by atoms with van der Waals surface area (Å²) in [7, 11) is 1.37. The maximum absolute atomic E-state index is 13.5. The number of nitrogen functional groups attached to an aromatic ring is 1. The average Bonchev–Trinajstić information content (AvgIpc) is 2.15. The van der Waals surface area contributed by atoms with Crippen LogP contribution in [0.3, 0.4) is 0 Å². The molecule has 16 heavy (non-hydrogen) atoms. The number of hydrogen-bond acceptors (Lipinski definition) is 2. The van der Waals surface area contributed by atoms with Gasteiger partial charge < -0.3 is 10.6 Å². The Morgan fingerprint density at radius 1 is 1.50 bits per heavy atom. The molecule has 3 nitrogen and oxygen atoms in total. The van der Waals surface area contributed by atoms with Crippen LogP contribution in [-0.4, -0.2) is 25.9 Å². The van der Waals surface area contributed by atoms with Crippen molar-refractivity contribution in [3.8, 4) is 0 Å². The molecule has 88 valence electrons. The van der Waals surface area contributed by atoms with Crippen LogP contribution in [0, 0.1) is 11.2 Å². The van der Waals surface area contributed by atoms with Gasteiger partial charge in [0.15, 0.2) is 0 Å². The number of halogens is 3. The van der Waals surface area contributed by atoms with Crippen molar-refractivity contribution < 1.29 is 13.2 Å². The minimum absolute atomic E-state index is 0.0605. The number of nitrogens with zero attached hydrogens (tertiary/aromatic N) is 1. The van der Waals surface area contributed by atoms with E-state index in [1.54, 1.807) is 0 Å². The van der Waals surface area contributed by atoms with E-state index in [9.17, 15) is 13.2 Å². The fourth-order valence-corrected chi connectivity index (χ4v) is 1.29. The fourth-order valence-electron chi connectivity index (χ4n) is 1.29. The molecule has 0 aromatic heterocycles. The monoisotopic (exact) mass is 231 g/mol. The molecule has 0 saturated carbocycles. The maximum atomic E-state index is 13.5. The lowest BCUT2D eigenvalue weighted by atomic mass is 10.1. The van der Waals surface area contributed by atoms with E-state index in [1.165, 1.54) is 19.2 Å². The Hall–Kier alpha value is -1.72. The van der Waals surface area contributed by atoms with Crippen LogP contribution >= 0.6 is 0 Å². The third kappa shape index (κ3) is 2.88. The lowest BCUT2D eigenvalue weighted by molar-refractivity contribution is 0.156. The number of hydrogen-bond donors (Lipinski definition) is 2. The van der Waals surface area contributed by atoms with Crippen molar-refractivity contribution in [3.05, 3.63) is 29.6 Å². The van der Waals surface area contributed by atoms with Crippen LogP contribution in [0.1, 0.15) is 5.56 Å². The van der Waals surface area contributed by atoms with Gasteiger partial charge in [-0.1, -0.05) is 0 Å². The Balaban J connectivity index is 2.94. The molecule has 3 N–H and O–H groups in total. The zero-order valence-electron chi connectivity index (χ0n) is 8.67. The molecule has 0 fully saturated rings. The Kier molecular flexibility index (Phi) is 3.76. The second-order valence-corrected chi connectivity index (χ2v) is 3.35. The molecule has 0 unspecified atom stereocenters. The minimum atomic E-state index is -2.53. The summed E-state index contributed by atoms with van der Waals surface area (Å²) in [5, 5.41) is 7.10. The van der Waals surface area contributed by atoms with E-state index in [4.69, 9.17) is 11.1 Å². The quantitative estimate of drug-likeness (QED) is 0.613. The average molecular weight is 231 g/mol. The molecule has 0 aliphatic rings. The zero-order valence-corrected chi connectivity index (χ0v) is 8.67. The molecule has 0 bridgehead atoms. The van der Waals surface area contributed by atoms with Gasteiger partial charge in [0.1, 0.15) is 11.7 Å². The lowest BCUT2D eigenvalue weighted by Gasteiger charge is -2.19. The highest BCUT2D eigenvalue weighted by atomic mass is 19.3. The largest absolute Gasteiger partial charge is 0.384 e. The van der Waals surface area contributed by atoms with Crippen LogP contribution in [0.4, 0.5) is 18.9 Å². The first-order valence-electron chi connectivity index (χ1n) is 4.55. The van der Waals surface area contributed by atoms with Gasteiger partial charge in [0.05, 0.1) is 12.2 Å². The summed E-state index contributed by atoms with van der Waals surface area (Å²) in [5.74, 6) is -0.933. The van der Waals surface area contributed by atoms with Gasteiger partial charge in [0.2, 0.25) is 0 Å². The molecule has 0 aliphatic carbocycles. The van der Waals surface area contributed by atoms with E-state index in [-0.39, 0.29) is 17.1 Å². The van der Waals surface area contributed by atoms with Gasteiger partial charge in [0, 0.05) is 12.6 Å². The summed E-state index contributed by atoms with van der Waals surface area (Å²) in [5.41, 5.74) is 5.46. The van der Waals surface area contributed by atoms with Crippen LogP contribution in [0.25, 0.3) is 0 Å². The molecule has 0 amide bonds. The topological polar surface area (TPSA) is 53.1 Å². The highest BCUT2D eigenvalue weighted by molar-refractivity contribution is 5.95. The summed E-state index contributed by atoms with van der Waals surface area (Å²) in [6, 6.07) is 3.80. The van der Waals surface area contributed by atoms with E-state index in [2.05, 4.69) is 0 Å². The van der Waals surface area contributed by atoms with Crippen LogP contribution in [0.2, 0.25) is 0 Å². The van der Waals surface area contributed by atoms with Gasteiger partial charge in [-0.2, -0.15) is 0 Å². The number of benzene rings is 1. The van der Waals surface area contributed by atoms with Gasteiger partial charge in [-0.05, 0) is 18.2 Å². The van der Waals surface area contributed by atoms with E-state index >= 15 is 0 Å². The number of alkyl halides is 2. The number of nitrogens with one attached hydrogen (secondary N) is 1. The number of anilines is 1. The van der Waals surface area contributed by atoms with Crippen LogP contribution in [0.15, 0.2) is 18.2 Å². The van der Waals surface area contributed by atoms with Crippen molar-refractivity contribution in [1.82, 2.24) is 0 Å². The molecule has 1 rings (SSSR count). The maximum Gasteiger partial charge on any atom is 0.255 e. The number of rotatable bonds is 4. The summed E-state index contributed by atoms with van der Waals surface area (Å²) in [6.07, 6.45) is -2.53. The Morgan fingerprint density at radius 3 is 2.56 bits per heavy atom. The summed E-state index contributed by atoms with van der Waals surface area (Å²) < 4.78 is 37.7. The van der Waals surface area contributed by atoms with E-state index in [1.807, 2.05) is 0 Å². The second-order valence-electron chi connectivity index (χ2n) is 3.35. The summed E-state index contributed by atoms with van der Waals surface area (Å²) in [4.78, 5) is 1.11. The molecular formula is C10H12F3N3. The first kappa shape index (κ1) is 12.4. The van der Waals surface area contributed by atoms with Gasteiger partial charge in [-0.25, -0.2) is 13.2 Å².